The van der Waals surface area contributed by atoms with Crippen molar-refractivity contribution in [2.45, 2.75) is 38.7 Å². The van der Waals surface area contributed by atoms with Crippen LogP contribution >= 0.6 is 0 Å². The summed E-state index contributed by atoms with van der Waals surface area (Å²) in [7, 11) is 0. The average Bonchev–Trinajstić information content (AvgIpc) is 2.60. The minimum absolute atomic E-state index is 0.0322. The van der Waals surface area contributed by atoms with Crippen molar-refractivity contribution in [2.75, 3.05) is 13.2 Å². The predicted molar refractivity (Wildman–Crippen MR) is 92.2 cm³/mol. The highest BCUT2D eigenvalue weighted by molar-refractivity contribution is 5.93. The zero-order chi connectivity index (χ0) is 16.9. The zero-order valence-electron chi connectivity index (χ0n) is 13.9. The fraction of sp³-hybridized carbons (Fsp3) is 0.474. The van der Waals surface area contributed by atoms with Gasteiger partial charge in [0.25, 0.3) is 5.91 Å². The van der Waals surface area contributed by atoms with Crippen LogP contribution in [0.2, 0.25) is 0 Å². The summed E-state index contributed by atoms with van der Waals surface area (Å²) in [6, 6.07) is 8.14. The third kappa shape index (κ3) is 3.85. The molecule has 1 fully saturated rings. The molecule has 24 heavy (non-hydrogen) atoms. The molecule has 1 aliphatic carbocycles. The topological polar surface area (TPSA) is 68.5 Å². The van der Waals surface area contributed by atoms with Crippen molar-refractivity contribution in [1.82, 2.24) is 5.32 Å². The van der Waals surface area contributed by atoms with Gasteiger partial charge in [-0.15, -0.1) is 0 Å². The molecule has 2 aromatic rings. The average molecular weight is 329 g/mol. The van der Waals surface area contributed by atoms with Crippen LogP contribution in [0.1, 0.15) is 43.2 Å². The number of rotatable bonds is 5. The fourth-order valence-electron chi connectivity index (χ4n) is 3.21. The van der Waals surface area contributed by atoms with E-state index in [1.807, 2.05) is 0 Å². The molecule has 2 atom stereocenters. The van der Waals surface area contributed by atoms with Gasteiger partial charge in [0.1, 0.15) is 5.58 Å². The number of hydrogen-bond donors (Lipinski definition) is 1. The van der Waals surface area contributed by atoms with Crippen LogP contribution in [0, 0.1) is 5.92 Å². The molecule has 0 aliphatic heterocycles. The third-order valence-corrected chi connectivity index (χ3v) is 4.61. The van der Waals surface area contributed by atoms with Gasteiger partial charge in [0, 0.05) is 12.6 Å². The maximum Gasteiger partial charge on any atom is 0.287 e. The summed E-state index contributed by atoms with van der Waals surface area (Å²) in [5.41, 5.74) is 0.205. The quantitative estimate of drug-likeness (QED) is 0.856. The molecule has 3 rings (SSSR count). The fourth-order valence-corrected chi connectivity index (χ4v) is 3.21. The van der Waals surface area contributed by atoms with Crippen LogP contribution in [0.3, 0.4) is 0 Å². The number of fused-ring (bicyclic) bond motifs is 1. The highest BCUT2D eigenvalue weighted by Crippen LogP contribution is 2.25. The van der Waals surface area contributed by atoms with Crippen LogP contribution in [-0.4, -0.2) is 25.2 Å². The van der Waals surface area contributed by atoms with E-state index in [-0.39, 0.29) is 17.3 Å². The monoisotopic (exact) mass is 329 g/mol. The van der Waals surface area contributed by atoms with Gasteiger partial charge in [-0.25, -0.2) is 0 Å². The van der Waals surface area contributed by atoms with E-state index >= 15 is 0 Å². The number of carbonyl (C=O) groups is 1. The molecule has 0 saturated heterocycles. The molecule has 0 unspecified atom stereocenters. The summed E-state index contributed by atoms with van der Waals surface area (Å²) >= 11 is 0. The number of benzene rings is 1. The summed E-state index contributed by atoms with van der Waals surface area (Å²) in [5.74, 6) is 0.218. The van der Waals surface area contributed by atoms with Crippen LogP contribution in [0.4, 0.5) is 0 Å². The highest BCUT2D eigenvalue weighted by atomic mass is 16.5. The molecule has 128 valence electrons. The van der Waals surface area contributed by atoms with E-state index in [1.165, 1.54) is 25.3 Å². The lowest BCUT2D eigenvalue weighted by molar-refractivity contribution is -0.00300. The van der Waals surface area contributed by atoms with E-state index in [0.29, 0.717) is 30.0 Å². The summed E-state index contributed by atoms with van der Waals surface area (Å²) in [6.45, 7) is 3.09. The second kappa shape index (κ2) is 7.62. The minimum atomic E-state index is -0.391. The SMILES string of the molecule is C[C@H]1CCCC[C@@H]1OCCNC(=O)c1cc(=O)c2ccccc2o1. The molecule has 1 saturated carbocycles. The summed E-state index contributed by atoms with van der Waals surface area (Å²) in [4.78, 5) is 24.2. The van der Waals surface area contributed by atoms with Crippen LogP contribution in [0.25, 0.3) is 11.0 Å². The minimum Gasteiger partial charge on any atom is -0.451 e. The van der Waals surface area contributed by atoms with Crippen molar-refractivity contribution < 1.29 is 13.9 Å². The second-order valence-corrected chi connectivity index (χ2v) is 6.40. The number of carbonyl (C=O) groups excluding carboxylic acids is 1. The Bertz CT molecular complexity index is 767. The van der Waals surface area contributed by atoms with Gasteiger partial charge in [-0.05, 0) is 30.9 Å². The molecule has 0 spiro atoms. The lowest BCUT2D eigenvalue weighted by atomic mass is 9.88. The van der Waals surface area contributed by atoms with E-state index in [4.69, 9.17) is 9.15 Å². The summed E-state index contributed by atoms with van der Waals surface area (Å²) in [5, 5.41) is 3.22. The molecule has 1 N–H and O–H groups in total. The van der Waals surface area contributed by atoms with Gasteiger partial charge >= 0.3 is 0 Å². The Kier molecular flexibility index (Phi) is 5.30. The maximum atomic E-state index is 12.2. The largest absolute Gasteiger partial charge is 0.451 e. The number of hydrogen-bond acceptors (Lipinski definition) is 4. The van der Waals surface area contributed by atoms with Gasteiger partial charge in [-0.1, -0.05) is 31.9 Å². The van der Waals surface area contributed by atoms with Crippen molar-refractivity contribution in [2.24, 2.45) is 5.92 Å². The van der Waals surface area contributed by atoms with Crippen LogP contribution in [0.15, 0.2) is 39.5 Å². The maximum absolute atomic E-state index is 12.2. The lowest BCUT2D eigenvalue weighted by Crippen LogP contribution is -2.32. The Morgan fingerprint density at radius 3 is 2.92 bits per heavy atom. The lowest BCUT2D eigenvalue weighted by Gasteiger charge is -2.28. The van der Waals surface area contributed by atoms with E-state index in [9.17, 15) is 9.59 Å². The Morgan fingerprint density at radius 1 is 1.29 bits per heavy atom. The molecule has 0 bridgehead atoms. The molecule has 1 aromatic carbocycles. The van der Waals surface area contributed by atoms with Gasteiger partial charge in [0.15, 0.2) is 11.2 Å². The number of amides is 1. The Hall–Kier alpha value is -2.14. The van der Waals surface area contributed by atoms with Crippen LogP contribution < -0.4 is 10.7 Å². The van der Waals surface area contributed by atoms with E-state index in [2.05, 4.69) is 12.2 Å². The summed E-state index contributed by atoms with van der Waals surface area (Å²) in [6.07, 6.45) is 5.07. The van der Waals surface area contributed by atoms with Crippen molar-refractivity contribution in [1.29, 1.82) is 0 Å². The number of ether oxygens (including phenoxy) is 1. The number of para-hydroxylation sites is 1. The Labute approximate surface area is 141 Å². The van der Waals surface area contributed by atoms with E-state index in [0.717, 1.165) is 6.42 Å². The molecule has 1 amide bonds. The highest BCUT2D eigenvalue weighted by Gasteiger charge is 2.21. The van der Waals surface area contributed by atoms with E-state index in [1.54, 1.807) is 24.3 Å². The Morgan fingerprint density at radius 2 is 2.08 bits per heavy atom. The van der Waals surface area contributed by atoms with Crippen molar-refractivity contribution in [3.8, 4) is 0 Å². The van der Waals surface area contributed by atoms with Gasteiger partial charge in [-0.2, -0.15) is 0 Å². The van der Waals surface area contributed by atoms with Gasteiger partial charge in [0.05, 0.1) is 18.1 Å². The first kappa shape index (κ1) is 16.7. The molecule has 1 heterocycles. The molecule has 5 heteroatoms. The van der Waals surface area contributed by atoms with Crippen LogP contribution in [0.5, 0.6) is 0 Å². The normalized spacial score (nSPS) is 20.9. The second-order valence-electron chi connectivity index (χ2n) is 6.40. The Balaban J connectivity index is 1.54. The van der Waals surface area contributed by atoms with Crippen molar-refractivity contribution in [3.63, 3.8) is 0 Å². The smallest absolute Gasteiger partial charge is 0.287 e. The van der Waals surface area contributed by atoms with Crippen LogP contribution in [-0.2, 0) is 4.74 Å². The zero-order valence-corrected chi connectivity index (χ0v) is 13.9. The van der Waals surface area contributed by atoms with Gasteiger partial charge < -0.3 is 14.5 Å². The molecular formula is C19H23NO4. The first-order valence-corrected chi connectivity index (χ1v) is 8.58. The predicted octanol–water partition coefficient (Wildman–Crippen LogP) is 3.12. The van der Waals surface area contributed by atoms with Crippen molar-refractivity contribution >= 4 is 16.9 Å². The van der Waals surface area contributed by atoms with Crippen molar-refractivity contribution in [3.05, 3.63) is 46.3 Å². The molecule has 5 nitrogen and oxygen atoms in total. The molecule has 0 radical (unpaired) electrons. The molecule has 1 aromatic heterocycles. The summed E-state index contributed by atoms with van der Waals surface area (Å²) < 4.78 is 11.4. The third-order valence-electron chi connectivity index (χ3n) is 4.61. The van der Waals surface area contributed by atoms with Gasteiger partial charge in [0.2, 0.25) is 0 Å². The number of nitrogens with one attached hydrogen (secondary N) is 1. The van der Waals surface area contributed by atoms with Gasteiger partial charge in [-0.3, -0.25) is 9.59 Å². The molecular weight excluding hydrogens is 306 g/mol. The van der Waals surface area contributed by atoms with E-state index < -0.39 is 5.91 Å². The first-order valence-electron chi connectivity index (χ1n) is 8.58. The standard InChI is InChI=1S/C19H23NO4/c1-13-6-2-4-8-16(13)23-11-10-20-19(22)18-12-15(21)14-7-3-5-9-17(14)24-18/h3,5,7,9,12-13,16H,2,4,6,8,10-11H2,1H3,(H,20,22)/t13-,16-/m0/s1. The molecule has 1 aliphatic rings. The first-order chi connectivity index (χ1) is 11.6.